The zero-order valence-electron chi connectivity index (χ0n) is 15.2. The average Bonchev–Trinajstić information content (AvgIpc) is 2.63. The van der Waals surface area contributed by atoms with Crippen LogP contribution in [0.25, 0.3) is 10.9 Å². The standard InChI is InChI=1S/C20H20FN3O3/c1-13-4-3-5-14(2)19(13)27-9-8-22-18(25)11-24-12-23-17-7-6-15(21)10-16(17)20(24)26/h3-7,10,12H,8-9,11H2,1-2H3,(H,22,25). The highest BCUT2D eigenvalue weighted by Crippen LogP contribution is 2.21. The number of hydrogen-bond acceptors (Lipinski definition) is 4. The van der Waals surface area contributed by atoms with Crippen molar-refractivity contribution < 1.29 is 13.9 Å². The first-order chi connectivity index (χ1) is 13.0. The van der Waals surface area contributed by atoms with Gasteiger partial charge in [0.25, 0.3) is 5.56 Å². The Hall–Kier alpha value is -3.22. The summed E-state index contributed by atoms with van der Waals surface area (Å²) in [5.41, 5.74) is 1.99. The minimum atomic E-state index is -0.521. The second-order valence-corrected chi connectivity index (χ2v) is 6.26. The number of para-hydroxylation sites is 1. The van der Waals surface area contributed by atoms with Crippen molar-refractivity contribution in [2.75, 3.05) is 13.2 Å². The van der Waals surface area contributed by atoms with E-state index in [1.54, 1.807) is 0 Å². The van der Waals surface area contributed by atoms with Crippen molar-refractivity contribution in [2.45, 2.75) is 20.4 Å². The molecule has 0 atom stereocenters. The van der Waals surface area contributed by atoms with Gasteiger partial charge in [0.1, 0.15) is 24.7 Å². The van der Waals surface area contributed by atoms with Crippen LogP contribution in [-0.2, 0) is 11.3 Å². The van der Waals surface area contributed by atoms with E-state index in [2.05, 4.69) is 10.3 Å². The quantitative estimate of drug-likeness (QED) is 0.677. The maximum Gasteiger partial charge on any atom is 0.261 e. The van der Waals surface area contributed by atoms with Gasteiger partial charge in [0.05, 0.1) is 23.8 Å². The van der Waals surface area contributed by atoms with E-state index < -0.39 is 11.4 Å². The number of rotatable bonds is 6. The van der Waals surface area contributed by atoms with Crippen LogP contribution in [0.1, 0.15) is 11.1 Å². The lowest BCUT2D eigenvalue weighted by atomic mass is 10.1. The predicted molar refractivity (Wildman–Crippen MR) is 100 cm³/mol. The van der Waals surface area contributed by atoms with Gasteiger partial charge in [0.15, 0.2) is 0 Å². The fourth-order valence-electron chi connectivity index (χ4n) is 2.82. The third kappa shape index (κ3) is 4.31. The summed E-state index contributed by atoms with van der Waals surface area (Å²) in [6.45, 7) is 4.35. The molecule has 0 aliphatic carbocycles. The molecule has 0 aliphatic rings. The van der Waals surface area contributed by atoms with Gasteiger partial charge in [-0.05, 0) is 43.2 Å². The van der Waals surface area contributed by atoms with E-state index in [1.165, 1.54) is 18.5 Å². The van der Waals surface area contributed by atoms with Gasteiger partial charge in [-0.25, -0.2) is 9.37 Å². The van der Waals surface area contributed by atoms with Crippen LogP contribution in [0.3, 0.4) is 0 Å². The molecule has 1 amide bonds. The molecule has 3 rings (SSSR count). The van der Waals surface area contributed by atoms with E-state index in [1.807, 2.05) is 32.0 Å². The van der Waals surface area contributed by atoms with E-state index in [9.17, 15) is 14.0 Å². The Morgan fingerprint density at radius 2 is 1.96 bits per heavy atom. The highest BCUT2D eigenvalue weighted by molar-refractivity contribution is 5.79. The fraction of sp³-hybridized carbons (Fsp3) is 0.250. The molecule has 0 aliphatic heterocycles. The van der Waals surface area contributed by atoms with Gasteiger partial charge in [-0.1, -0.05) is 18.2 Å². The first-order valence-electron chi connectivity index (χ1n) is 8.56. The Morgan fingerprint density at radius 1 is 1.22 bits per heavy atom. The lowest BCUT2D eigenvalue weighted by Crippen LogP contribution is -2.34. The summed E-state index contributed by atoms with van der Waals surface area (Å²) in [5, 5.41) is 2.84. The molecule has 140 valence electrons. The van der Waals surface area contributed by atoms with Crippen LogP contribution in [0.15, 0.2) is 47.5 Å². The summed E-state index contributed by atoms with van der Waals surface area (Å²) in [5.74, 6) is -0.0595. The molecule has 1 aromatic heterocycles. The molecular formula is C20H20FN3O3. The molecule has 1 heterocycles. The second kappa shape index (κ2) is 7.99. The van der Waals surface area contributed by atoms with Gasteiger partial charge >= 0.3 is 0 Å². The number of carbonyl (C=O) groups excluding carboxylic acids is 1. The van der Waals surface area contributed by atoms with Crippen molar-refractivity contribution in [1.29, 1.82) is 0 Å². The van der Waals surface area contributed by atoms with Gasteiger partial charge in [0.2, 0.25) is 5.91 Å². The van der Waals surface area contributed by atoms with Gasteiger partial charge in [-0.15, -0.1) is 0 Å². The lowest BCUT2D eigenvalue weighted by Gasteiger charge is -2.12. The smallest absolute Gasteiger partial charge is 0.261 e. The molecule has 3 aromatic rings. The SMILES string of the molecule is Cc1cccc(C)c1OCCNC(=O)Cn1cnc2ccc(F)cc2c1=O. The summed E-state index contributed by atoms with van der Waals surface area (Å²) in [6, 6.07) is 9.67. The molecule has 0 saturated carbocycles. The van der Waals surface area contributed by atoms with Crippen molar-refractivity contribution in [1.82, 2.24) is 14.9 Å². The van der Waals surface area contributed by atoms with Gasteiger partial charge < -0.3 is 10.1 Å². The molecule has 0 radical (unpaired) electrons. The van der Waals surface area contributed by atoms with Crippen molar-refractivity contribution in [3.8, 4) is 5.75 Å². The normalized spacial score (nSPS) is 10.8. The number of hydrogen-bond donors (Lipinski definition) is 1. The third-order valence-electron chi connectivity index (χ3n) is 4.18. The van der Waals surface area contributed by atoms with Crippen LogP contribution < -0.4 is 15.6 Å². The number of carbonyl (C=O) groups is 1. The highest BCUT2D eigenvalue weighted by atomic mass is 19.1. The summed E-state index contributed by atoms with van der Waals surface area (Å²) in [4.78, 5) is 28.5. The van der Waals surface area contributed by atoms with Crippen LogP contribution in [0, 0.1) is 19.7 Å². The number of benzene rings is 2. The first kappa shape index (κ1) is 18.6. The van der Waals surface area contributed by atoms with E-state index in [0.29, 0.717) is 18.7 Å². The van der Waals surface area contributed by atoms with Crippen LogP contribution in [0.4, 0.5) is 4.39 Å². The Labute approximate surface area is 155 Å². The highest BCUT2D eigenvalue weighted by Gasteiger charge is 2.09. The second-order valence-electron chi connectivity index (χ2n) is 6.26. The van der Waals surface area contributed by atoms with Crippen LogP contribution in [-0.4, -0.2) is 28.6 Å². The maximum atomic E-state index is 13.3. The van der Waals surface area contributed by atoms with E-state index >= 15 is 0 Å². The number of nitrogens with zero attached hydrogens (tertiary/aromatic N) is 2. The van der Waals surface area contributed by atoms with Crippen molar-refractivity contribution >= 4 is 16.8 Å². The topological polar surface area (TPSA) is 73.2 Å². The molecular weight excluding hydrogens is 349 g/mol. The Balaban J connectivity index is 1.57. The largest absolute Gasteiger partial charge is 0.491 e. The number of ether oxygens (including phenoxy) is 1. The zero-order valence-corrected chi connectivity index (χ0v) is 15.2. The molecule has 0 fully saturated rings. The molecule has 27 heavy (non-hydrogen) atoms. The zero-order chi connectivity index (χ0) is 19.4. The van der Waals surface area contributed by atoms with E-state index in [-0.39, 0.29) is 17.8 Å². The minimum absolute atomic E-state index is 0.142. The molecule has 0 saturated heterocycles. The van der Waals surface area contributed by atoms with Crippen molar-refractivity contribution in [3.63, 3.8) is 0 Å². The summed E-state index contributed by atoms with van der Waals surface area (Å²) in [7, 11) is 0. The number of aryl methyl sites for hydroxylation is 2. The number of fused-ring (bicyclic) bond motifs is 1. The lowest BCUT2D eigenvalue weighted by molar-refractivity contribution is -0.121. The Kier molecular flexibility index (Phi) is 5.49. The number of amides is 1. The minimum Gasteiger partial charge on any atom is -0.491 e. The van der Waals surface area contributed by atoms with Crippen molar-refractivity contribution in [2.24, 2.45) is 0 Å². The summed E-state index contributed by atoms with van der Waals surface area (Å²) >= 11 is 0. The monoisotopic (exact) mass is 369 g/mol. The van der Waals surface area contributed by atoms with E-state index in [0.717, 1.165) is 27.5 Å². The fourth-order valence-corrected chi connectivity index (χ4v) is 2.82. The van der Waals surface area contributed by atoms with Crippen LogP contribution >= 0.6 is 0 Å². The Morgan fingerprint density at radius 3 is 2.70 bits per heavy atom. The van der Waals surface area contributed by atoms with Crippen LogP contribution in [0.5, 0.6) is 5.75 Å². The molecule has 0 spiro atoms. The average molecular weight is 369 g/mol. The van der Waals surface area contributed by atoms with E-state index in [4.69, 9.17) is 4.74 Å². The number of halogens is 1. The molecule has 0 unspecified atom stereocenters. The van der Waals surface area contributed by atoms with Gasteiger partial charge in [0, 0.05) is 0 Å². The van der Waals surface area contributed by atoms with Gasteiger partial charge in [-0.3, -0.25) is 14.2 Å². The third-order valence-corrected chi connectivity index (χ3v) is 4.18. The molecule has 6 nitrogen and oxygen atoms in total. The molecule has 0 bridgehead atoms. The van der Waals surface area contributed by atoms with Gasteiger partial charge in [-0.2, -0.15) is 0 Å². The summed E-state index contributed by atoms with van der Waals surface area (Å²) < 4.78 is 20.2. The number of aromatic nitrogens is 2. The maximum absolute atomic E-state index is 13.3. The predicted octanol–water partition coefficient (Wildman–Crippen LogP) is 2.35. The van der Waals surface area contributed by atoms with Crippen LogP contribution in [0.2, 0.25) is 0 Å². The Bertz CT molecular complexity index is 1030. The molecule has 7 heteroatoms. The summed E-state index contributed by atoms with van der Waals surface area (Å²) in [6.07, 6.45) is 1.29. The molecule has 1 N–H and O–H groups in total. The van der Waals surface area contributed by atoms with Crippen molar-refractivity contribution in [3.05, 3.63) is 70.0 Å². The molecule has 2 aromatic carbocycles. The first-order valence-corrected chi connectivity index (χ1v) is 8.56. The number of nitrogens with one attached hydrogen (secondary N) is 1.